The van der Waals surface area contributed by atoms with Gasteiger partial charge in [-0.15, -0.1) is 0 Å². The van der Waals surface area contributed by atoms with Crippen LogP contribution in [-0.4, -0.2) is 40.8 Å². The maximum atomic E-state index is 4.73. The number of imidazole rings is 1. The molecule has 0 saturated carbocycles. The largest absolute Gasteiger partial charge is 0.336 e. The molecule has 5 rings (SSSR count). The lowest BCUT2D eigenvalue weighted by Crippen LogP contribution is -2.31. The summed E-state index contributed by atoms with van der Waals surface area (Å²) >= 11 is 0. The van der Waals surface area contributed by atoms with Gasteiger partial charge < -0.3 is 14.8 Å². The zero-order valence-electron chi connectivity index (χ0n) is 17.7. The molecule has 0 aromatic carbocycles. The minimum atomic E-state index is 0.326. The Morgan fingerprint density at radius 1 is 1.13 bits per heavy atom. The van der Waals surface area contributed by atoms with Crippen LogP contribution < -0.4 is 10.2 Å². The van der Waals surface area contributed by atoms with Gasteiger partial charge in [-0.05, 0) is 26.8 Å². The maximum absolute atomic E-state index is 4.73. The number of nitrogens with one attached hydrogen (secondary N) is 1. The number of rotatable bonds is 4. The summed E-state index contributed by atoms with van der Waals surface area (Å²) in [5, 5.41) is 7.85. The van der Waals surface area contributed by atoms with Crippen molar-refractivity contribution in [3.8, 4) is 0 Å². The Balaban J connectivity index is 1.40. The molecule has 0 unspecified atom stereocenters. The van der Waals surface area contributed by atoms with Crippen molar-refractivity contribution in [1.82, 2.24) is 34.3 Å². The van der Waals surface area contributed by atoms with E-state index >= 15 is 0 Å². The fraction of sp³-hybridized carbons (Fsp3) is 0.381. The van der Waals surface area contributed by atoms with Crippen molar-refractivity contribution in [3.63, 3.8) is 0 Å². The average molecular weight is 403 g/mol. The van der Waals surface area contributed by atoms with Crippen LogP contribution >= 0.6 is 0 Å². The maximum Gasteiger partial charge on any atom is 0.227 e. The number of aromatic nitrogens is 7. The Bertz CT molecular complexity index is 1220. The molecule has 4 aromatic rings. The molecule has 4 aromatic heterocycles. The smallest absolute Gasteiger partial charge is 0.227 e. The fourth-order valence-electron chi connectivity index (χ4n) is 4.16. The van der Waals surface area contributed by atoms with Crippen LogP contribution in [0.1, 0.15) is 37.0 Å². The van der Waals surface area contributed by atoms with Gasteiger partial charge in [0.05, 0.1) is 17.4 Å². The van der Waals surface area contributed by atoms with Gasteiger partial charge in [0.1, 0.15) is 23.0 Å². The molecule has 1 aliphatic heterocycles. The van der Waals surface area contributed by atoms with Crippen molar-refractivity contribution >= 4 is 28.6 Å². The second kappa shape index (κ2) is 7.08. The third-order valence-corrected chi connectivity index (χ3v) is 5.42. The van der Waals surface area contributed by atoms with Gasteiger partial charge in [-0.25, -0.2) is 15.0 Å². The first-order valence-corrected chi connectivity index (χ1v) is 10.2. The Morgan fingerprint density at radius 2 is 2.00 bits per heavy atom. The predicted molar refractivity (Wildman–Crippen MR) is 116 cm³/mol. The number of aryl methyl sites for hydroxylation is 2. The summed E-state index contributed by atoms with van der Waals surface area (Å²) in [6, 6.07) is 4.21. The summed E-state index contributed by atoms with van der Waals surface area (Å²) in [5.74, 6) is 3.15. The number of nitrogens with zero attached hydrogens (tertiary/aromatic N) is 8. The fourth-order valence-corrected chi connectivity index (χ4v) is 4.16. The Kier molecular flexibility index (Phi) is 4.38. The van der Waals surface area contributed by atoms with Crippen molar-refractivity contribution in [2.75, 3.05) is 16.8 Å². The van der Waals surface area contributed by atoms with E-state index in [1.165, 1.54) is 5.56 Å². The monoisotopic (exact) mass is 403 g/mol. The Labute approximate surface area is 174 Å². The summed E-state index contributed by atoms with van der Waals surface area (Å²) < 4.78 is 4.09. The lowest BCUT2D eigenvalue weighted by Gasteiger charge is -2.26. The van der Waals surface area contributed by atoms with Crippen LogP contribution in [0.2, 0.25) is 0 Å². The van der Waals surface area contributed by atoms with Gasteiger partial charge in [0.25, 0.3) is 0 Å². The molecule has 1 N–H and O–H groups in total. The second-order valence-corrected chi connectivity index (χ2v) is 7.99. The molecule has 0 amide bonds. The third-order valence-electron chi connectivity index (χ3n) is 5.42. The standard InChI is InChI=1S/C21H25N9/c1-13(2)30-14(3)24-17-10-23-20(9-18(17)30)25-19-5-7-22-21(26-19)29-8-6-16-15(12-29)11-28(4)27-16/h5,7,9-11,13H,6,8,12H2,1-4H3,(H,22,23,25,26). The first-order chi connectivity index (χ1) is 14.5. The van der Waals surface area contributed by atoms with E-state index in [-0.39, 0.29) is 0 Å². The molecule has 154 valence electrons. The van der Waals surface area contributed by atoms with E-state index < -0.39 is 0 Å². The SMILES string of the molecule is Cc1nc2cnc(Nc3ccnc(N4CCc5nn(C)cc5C4)n3)cc2n1C(C)C. The third kappa shape index (κ3) is 3.26. The molecule has 5 heterocycles. The molecule has 0 saturated heterocycles. The molecule has 9 nitrogen and oxygen atoms in total. The molecular formula is C21H25N9. The Hall–Kier alpha value is -3.49. The van der Waals surface area contributed by atoms with Crippen LogP contribution in [0.15, 0.2) is 30.7 Å². The van der Waals surface area contributed by atoms with Crippen LogP contribution in [0, 0.1) is 6.92 Å². The first-order valence-electron chi connectivity index (χ1n) is 10.2. The van der Waals surface area contributed by atoms with E-state index in [4.69, 9.17) is 4.98 Å². The highest BCUT2D eigenvalue weighted by molar-refractivity contribution is 5.79. The summed E-state index contributed by atoms with van der Waals surface area (Å²) in [6.45, 7) is 7.96. The van der Waals surface area contributed by atoms with Crippen LogP contribution in [0.5, 0.6) is 0 Å². The van der Waals surface area contributed by atoms with E-state index in [1.807, 2.05) is 30.8 Å². The normalized spacial score (nSPS) is 13.8. The predicted octanol–water partition coefficient (Wildman–Crippen LogP) is 3.15. The highest BCUT2D eigenvalue weighted by atomic mass is 15.3. The van der Waals surface area contributed by atoms with Crippen molar-refractivity contribution < 1.29 is 0 Å². The van der Waals surface area contributed by atoms with Gasteiger partial charge in [0.15, 0.2) is 0 Å². The lowest BCUT2D eigenvalue weighted by atomic mass is 10.1. The lowest BCUT2D eigenvalue weighted by molar-refractivity contribution is 0.600. The molecule has 30 heavy (non-hydrogen) atoms. The van der Waals surface area contributed by atoms with Crippen LogP contribution in [-0.2, 0) is 20.0 Å². The number of pyridine rings is 1. The molecule has 0 atom stereocenters. The Morgan fingerprint density at radius 3 is 2.83 bits per heavy atom. The highest BCUT2D eigenvalue weighted by Crippen LogP contribution is 2.25. The quantitative estimate of drug-likeness (QED) is 0.560. The zero-order chi connectivity index (χ0) is 20.8. The minimum absolute atomic E-state index is 0.326. The van der Waals surface area contributed by atoms with E-state index in [1.54, 1.807) is 12.4 Å². The molecule has 0 bridgehead atoms. The van der Waals surface area contributed by atoms with Gasteiger partial charge >= 0.3 is 0 Å². The van der Waals surface area contributed by atoms with Crippen LogP contribution in [0.25, 0.3) is 11.0 Å². The number of anilines is 3. The molecule has 0 aliphatic carbocycles. The first kappa shape index (κ1) is 18.5. The highest BCUT2D eigenvalue weighted by Gasteiger charge is 2.21. The van der Waals surface area contributed by atoms with Crippen LogP contribution in [0.4, 0.5) is 17.6 Å². The van der Waals surface area contributed by atoms with Crippen molar-refractivity contribution in [1.29, 1.82) is 0 Å². The summed E-state index contributed by atoms with van der Waals surface area (Å²) in [4.78, 5) is 20.5. The number of fused-ring (bicyclic) bond motifs is 2. The molecule has 0 radical (unpaired) electrons. The van der Waals surface area contributed by atoms with E-state index in [0.717, 1.165) is 53.7 Å². The average Bonchev–Trinajstić information content (AvgIpc) is 3.25. The molecule has 1 aliphatic rings. The van der Waals surface area contributed by atoms with E-state index in [0.29, 0.717) is 12.0 Å². The molecular weight excluding hydrogens is 378 g/mol. The van der Waals surface area contributed by atoms with Crippen molar-refractivity contribution in [3.05, 3.63) is 47.8 Å². The summed E-state index contributed by atoms with van der Waals surface area (Å²) in [5.41, 5.74) is 4.36. The van der Waals surface area contributed by atoms with Gasteiger partial charge in [0.2, 0.25) is 5.95 Å². The van der Waals surface area contributed by atoms with Gasteiger partial charge in [-0.2, -0.15) is 10.1 Å². The van der Waals surface area contributed by atoms with Gasteiger partial charge in [0, 0.05) is 56.6 Å². The van der Waals surface area contributed by atoms with Gasteiger partial charge in [-0.1, -0.05) is 0 Å². The van der Waals surface area contributed by atoms with E-state index in [9.17, 15) is 0 Å². The second-order valence-electron chi connectivity index (χ2n) is 7.99. The molecule has 0 spiro atoms. The number of hydrogen-bond donors (Lipinski definition) is 1. The van der Waals surface area contributed by atoms with Gasteiger partial charge in [-0.3, -0.25) is 4.68 Å². The summed E-state index contributed by atoms with van der Waals surface area (Å²) in [6.07, 6.45) is 6.56. The van der Waals surface area contributed by atoms with Crippen molar-refractivity contribution in [2.24, 2.45) is 7.05 Å². The summed E-state index contributed by atoms with van der Waals surface area (Å²) in [7, 11) is 1.96. The minimum Gasteiger partial charge on any atom is -0.336 e. The number of hydrogen-bond acceptors (Lipinski definition) is 7. The zero-order valence-corrected chi connectivity index (χ0v) is 17.7. The van der Waals surface area contributed by atoms with Crippen LogP contribution in [0.3, 0.4) is 0 Å². The van der Waals surface area contributed by atoms with Crippen molar-refractivity contribution in [2.45, 2.75) is 39.8 Å². The van der Waals surface area contributed by atoms with E-state index in [2.05, 4.69) is 54.9 Å². The molecule has 9 heteroatoms. The molecule has 0 fully saturated rings. The topological polar surface area (TPSA) is 89.6 Å².